The van der Waals surface area contributed by atoms with Crippen molar-refractivity contribution >= 4 is 11.7 Å². The highest BCUT2D eigenvalue weighted by molar-refractivity contribution is 5.93. The molecular weight excluding hydrogens is 226 g/mol. The van der Waals surface area contributed by atoms with Gasteiger partial charge in [-0.2, -0.15) is 0 Å². The lowest BCUT2D eigenvalue weighted by Crippen LogP contribution is -2.40. The lowest BCUT2D eigenvalue weighted by Gasteiger charge is -2.05. The number of hydrogen-bond donors (Lipinski definition) is 2. The third-order valence-electron chi connectivity index (χ3n) is 2.15. The first-order valence-corrected chi connectivity index (χ1v) is 5.01. The number of carbonyl (C=O) groups is 2. The minimum absolute atomic E-state index is 0.0227. The van der Waals surface area contributed by atoms with Crippen molar-refractivity contribution in [1.29, 1.82) is 0 Å². The van der Waals surface area contributed by atoms with Gasteiger partial charge in [0, 0.05) is 26.2 Å². The van der Waals surface area contributed by atoms with Crippen LogP contribution in [0.4, 0.5) is 0 Å². The lowest BCUT2D eigenvalue weighted by atomic mass is 10.2. The summed E-state index contributed by atoms with van der Waals surface area (Å²) < 4.78 is 0.882. The molecule has 92 valence electrons. The summed E-state index contributed by atoms with van der Waals surface area (Å²) in [5.74, 6) is -0.670. The highest BCUT2D eigenvalue weighted by Gasteiger charge is 2.10. The molecule has 0 aliphatic rings. The Hall–Kier alpha value is -2.18. The van der Waals surface area contributed by atoms with Crippen LogP contribution < -0.4 is 16.6 Å². The van der Waals surface area contributed by atoms with E-state index in [1.807, 2.05) is 0 Å². The molecule has 0 radical (unpaired) electrons. The van der Waals surface area contributed by atoms with E-state index in [1.165, 1.54) is 13.8 Å². The SMILES string of the molecule is CC(=O)NCCn1c(=O)[nH]cc(C(C)=O)c1=O. The number of carbonyl (C=O) groups excluding carboxylic acids is 2. The van der Waals surface area contributed by atoms with E-state index in [-0.39, 0.29) is 24.6 Å². The van der Waals surface area contributed by atoms with Crippen molar-refractivity contribution in [1.82, 2.24) is 14.9 Å². The number of aromatic nitrogens is 2. The molecule has 1 aromatic rings. The summed E-state index contributed by atoms with van der Waals surface area (Å²) in [5, 5.41) is 2.46. The van der Waals surface area contributed by atoms with Gasteiger partial charge in [-0.25, -0.2) is 4.79 Å². The van der Waals surface area contributed by atoms with Gasteiger partial charge in [-0.05, 0) is 6.92 Å². The number of Topliss-reactive ketones (excluding diaryl/α,β-unsaturated/α-hetero) is 1. The quantitative estimate of drug-likeness (QED) is 0.649. The molecule has 1 aromatic heterocycles. The first-order chi connectivity index (χ1) is 7.93. The standard InChI is InChI=1S/C10H13N3O4/c1-6(14)8-5-12-10(17)13(9(8)16)4-3-11-7(2)15/h5H,3-4H2,1-2H3,(H,11,15)(H,12,17). The Morgan fingerprint density at radius 1 is 1.35 bits per heavy atom. The zero-order chi connectivity index (χ0) is 13.0. The van der Waals surface area contributed by atoms with Gasteiger partial charge in [-0.15, -0.1) is 0 Å². The van der Waals surface area contributed by atoms with Crippen LogP contribution in [-0.4, -0.2) is 27.8 Å². The van der Waals surface area contributed by atoms with Crippen LogP contribution in [0.5, 0.6) is 0 Å². The Labute approximate surface area is 96.5 Å². The van der Waals surface area contributed by atoms with Crippen LogP contribution in [0.1, 0.15) is 24.2 Å². The van der Waals surface area contributed by atoms with E-state index < -0.39 is 17.0 Å². The van der Waals surface area contributed by atoms with Crippen molar-refractivity contribution in [2.24, 2.45) is 0 Å². The van der Waals surface area contributed by atoms with E-state index in [0.717, 1.165) is 10.8 Å². The third kappa shape index (κ3) is 3.13. The summed E-state index contributed by atoms with van der Waals surface area (Å²) >= 11 is 0. The average molecular weight is 239 g/mol. The second-order valence-corrected chi connectivity index (χ2v) is 3.50. The summed E-state index contributed by atoms with van der Waals surface area (Å²) in [4.78, 5) is 47.1. The fourth-order valence-electron chi connectivity index (χ4n) is 1.31. The maximum atomic E-state index is 11.7. The van der Waals surface area contributed by atoms with Crippen LogP contribution in [0.25, 0.3) is 0 Å². The fourth-order valence-corrected chi connectivity index (χ4v) is 1.31. The molecule has 0 bridgehead atoms. The Morgan fingerprint density at radius 2 is 2.00 bits per heavy atom. The monoisotopic (exact) mass is 239 g/mol. The van der Waals surface area contributed by atoms with Crippen LogP contribution in [0.2, 0.25) is 0 Å². The molecule has 0 aliphatic carbocycles. The third-order valence-corrected chi connectivity index (χ3v) is 2.15. The van der Waals surface area contributed by atoms with Gasteiger partial charge in [0.1, 0.15) is 0 Å². The number of hydrogen-bond acceptors (Lipinski definition) is 4. The van der Waals surface area contributed by atoms with Gasteiger partial charge in [0.2, 0.25) is 5.91 Å². The molecular formula is C10H13N3O4. The number of rotatable bonds is 4. The molecule has 0 unspecified atom stereocenters. The van der Waals surface area contributed by atoms with E-state index in [1.54, 1.807) is 0 Å². The van der Waals surface area contributed by atoms with Crippen LogP contribution in [0.3, 0.4) is 0 Å². The van der Waals surface area contributed by atoms with Gasteiger partial charge >= 0.3 is 5.69 Å². The van der Waals surface area contributed by atoms with Crippen molar-refractivity contribution in [3.63, 3.8) is 0 Å². The van der Waals surface area contributed by atoms with Crippen LogP contribution >= 0.6 is 0 Å². The highest BCUT2D eigenvalue weighted by Crippen LogP contribution is 1.87. The number of ketones is 1. The molecule has 2 N–H and O–H groups in total. The number of nitrogens with zero attached hydrogens (tertiary/aromatic N) is 1. The average Bonchev–Trinajstić information content (AvgIpc) is 2.21. The first-order valence-electron chi connectivity index (χ1n) is 5.01. The van der Waals surface area contributed by atoms with Crippen molar-refractivity contribution in [2.45, 2.75) is 20.4 Å². The van der Waals surface area contributed by atoms with E-state index in [2.05, 4.69) is 10.3 Å². The van der Waals surface area contributed by atoms with Gasteiger partial charge < -0.3 is 10.3 Å². The minimum Gasteiger partial charge on any atom is -0.355 e. The summed E-state index contributed by atoms with van der Waals surface area (Å²) in [6.07, 6.45) is 1.10. The van der Waals surface area contributed by atoms with Crippen LogP contribution in [0, 0.1) is 0 Å². The summed E-state index contributed by atoms with van der Waals surface area (Å²) in [6, 6.07) is 0. The smallest absolute Gasteiger partial charge is 0.328 e. The molecule has 7 heteroatoms. The molecule has 17 heavy (non-hydrogen) atoms. The normalized spacial score (nSPS) is 10.0. The molecule has 0 aromatic carbocycles. The molecule has 0 saturated heterocycles. The number of nitrogens with one attached hydrogen (secondary N) is 2. The zero-order valence-electron chi connectivity index (χ0n) is 9.57. The topological polar surface area (TPSA) is 101 Å². The van der Waals surface area contributed by atoms with Crippen molar-refractivity contribution in [2.75, 3.05) is 6.54 Å². The molecule has 0 saturated carbocycles. The van der Waals surface area contributed by atoms with Gasteiger partial charge in [0.25, 0.3) is 5.56 Å². The Balaban J connectivity index is 3.02. The van der Waals surface area contributed by atoms with E-state index >= 15 is 0 Å². The zero-order valence-corrected chi connectivity index (χ0v) is 9.57. The van der Waals surface area contributed by atoms with Gasteiger partial charge in [-0.3, -0.25) is 19.0 Å². The number of amides is 1. The lowest BCUT2D eigenvalue weighted by molar-refractivity contribution is -0.118. The number of aromatic amines is 1. The number of H-pyrrole nitrogens is 1. The van der Waals surface area contributed by atoms with Crippen molar-refractivity contribution in [3.8, 4) is 0 Å². The van der Waals surface area contributed by atoms with Crippen molar-refractivity contribution < 1.29 is 9.59 Å². The Kier molecular flexibility index (Phi) is 3.97. The predicted octanol–water partition coefficient (Wildman–Crippen LogP) is -1.12. The van der Waals surface area contributed by atoms with Crippen LogP contribution in [-0.2, 0) is 11.3 Å². The molecule has 0 fully saturated rings. The highest BCUT2D eigenvalue weighted by atomic mass is 16.2. The maximum Gasteiger partial charge on any atom is 0.328 e. The minimum atomic E-state index is -0.647. The fraction of sp³-hybridized carbons (Fsp3) is 0.400. The molecule has 0 atom stereocenters. The van der Waals surface area contributed by atoms with Gasteiger partial charge in [0.05, 0.1) is 5.56 Å². The first kappa shape index (κ1) is 12.9. The molecule has 1 rings (SSSR count). The van der Waals surface area contributed by atoms with Crippen LogP contribution in [0.15, 0.2) is 15.8 Å². The Morgan fingerprint density at radius 3 is 2.53 bits per heavy atom. The largest absolute Gasteiger partial charge is 0.355 e. The van der Waals surface area contributed by atoms with Gasteiger partial charge in [0.15, 0.2) is 5.78 Å². The summed E-state index contributed by atoms with van der Waals surface area (Å²) in [7, 11) is 0. The van der Waals surface area contributed by atoms with Crippen molar-refractivity contribution in [3.05, 3.63) is 32.6 Å². The van der Waals surface area contributed by atoms with E-state index in [4.69, 9.17) is 0 Å². The molecule has 7 nitrogen and oxygen atoms in total. The summed E-state index contributed by atoms with van der Waals surface area (Å²) in [6.45, 7) is 2.75. The predicted molar refractivity (Wildman–Crippen MR) is 60.0 cm³/mol. The molecule has 0 aliphatic heterocycles. The second kappa shape index (κ2) is 5.24. The molecule has 0 spiro atoms. The van der Waals surface area contributed by atoms with Gasteiger partial charge in [-0.1, -0.05) is 0 Å². The van der Waals surface area contributed by atoms with E-state index in [0.29, 0.717) is 0 Å². The second-order valence-electron chi connectivity index (χ2n) is 3.50. The maximum absolute atomic E-state index is 11.7. The Bertz CT molecular complexity index is 555. The molecule has 1 heterocycles. The van der Waals surface area contributed by atoms with E-state index in [9.17, 15) is 19.2 Å². The molecule has 1 amide bonds. The summed E-state index contributed by atoms with van der Waals surface area (Å²) in [5.41, 5.74) is -1.33.